The average molecular weight is 494 g/mol. The van der Waals surface area contributed by atoms with Gasteiger partial charge in [0, 0.05) is 43.3 Å². The van der Waals surface area contributed by atoms with Gasteiger partial charge in [0.05, 0.1) is 35.3 Å². The Bertz CT molecular complexity index is 1240. The molecule has 3 heterocycles. The Morgan fingerprint density at radius 3 is 2.49 bits per heavy atom. The Kier molecular flexibility index (Phi) is 6.47. The zero-order valence-corrected chi connectivity index (χ0v) is 20.7. The van der Waals surface area contributed by atoms with Crippen LogP contribution in [0.4, 0.5) is 5.82 Å². The predicted molar refractivity (Wildman–Crippen MR) is 134 cm³/mol. The first-order valence-corrected chi connectivity index (χ1v) is 12.4. The van der Waals surface area contributed by atoms with Crippen molar-refractivity contribution in [3.8, 4) is 5.69 Å². The van der Waals surface area contributed by atoms with Crippen LogP contribution in [-0.4, -0.2) is 64.3 Å². The summed E-state index contributed by atoms with van der Waals surface area (Å²) in [6, 6.07) is 9.43. The summed E-state index contributed by atoms with van der Waals surface area (Å²) in [5, 5.41) is 5.27. The molecule has 0 unspecified atom stereocenters. The van der Waals surface area contributed by atoms with Crippen LogP contribution < -0.4 is 4.90 Å². The van der Waals surface area contributed by atoms with E-state index in [2.05, 4.69) is 15.0 Å². The molecule has 1 aromatic carbocycles. The van der Waals surface area contributed by atoms with Crippen molar-refractivity contribution in [2.45, 2.75) is 32.6 Å². The summed E-state index contributed by atoms with van der Waals surface area (Å²) in [5.74, 6) is 0.774. The second-order valence-corrected chi connectivity index (χ2v) is 9.38. The number of esters is 1. The highest BCUT2D eigenvalue weighted by Crippen LogP contribution is 2.43. The molecule has 0 spiro atoms. The fraction of sp³-hybridized carbons (Fsp3) is 0.385. The lowest BCUT2D eigenvalue weighted by Crippen LogP contribution is -2.49. The van der Waals surface area contributed by atoms with E-state index in [9.17, 15) is 9.59 Å². The summed E-state index contributed by atoms with van der Waals surface area (Å²) < 4.78 is 6.89. The number of nitrogens with zero attached hydrogens (tertiary/aromatic N) is 5. The van der Waals surface area contributed by atoms with Crippen LogP contribution in [0.3, 0.4) is 0 Å². The van der Waals surface area contributed by atoms with Crippen molar-refractivity contribution >= 4 is 29.3 Å². The number of piperazine rings is 1. The molecule has 2 aliphatic rings. The molecule has 1 aliphatic heterocycles. The first-order valence-electron chi connectivity index (χ1n) is 12.0. The summed E-state index contributed by atoms with van der Waals surface area (Å²) in [5.41, 5.74) is 3.98. The van der Waals surface area contributed by atoms with Crippen molar-refractivity contribution in [1.82, 2.24) is 19.7 Å². The highest BCUT2D eigenvalue weighted by atomic mass is 35.5. The smallest absolute Gasteiger partial charge is 0.339 e. The van der Waals surface area contributed by atoms with Crippen LogP contribution in [0.2, 0.25) is 5.02 Å². The number of rotatable bonds is 6. The van der Waals surface area contributed by atoms with Crippen LogP contribution in [0.25, 0.3) is 5.69 Å². The molecule has 1 aliphatic carbocycles. The standard InChI is InChI=1S/C26H28ClN5O3/c1-3-35-26(34)19-7-9-23(28-15-19)30-10-12-31(13-11-30)25(33)21-16-29-32(24(21)18-5-6-18)20-8-4-17(2)22(27)14-20/h4,7-9,14-16,18H,3,5-6,10-13H2,1-2H3. The summed E-state index contributed by atoms with van der Waals surface area (Å²) in [4.78, 5) is 33.8. The molecule has 0 radical (unpaired) electrons. The van der Waals surface area contributed by atoms with E-state index in [1.807, 2.05) is 40.8 Å². The number of anilines is 1. The van der Waals surface area contributed by atoms with Gasteiger partial charge in [-0.15, -0.1) is 0 Å². The number of amides is 1. The van der Waals surface area contributed by atoms with E-state index < -0.39 is 0 Å². The van der Waals surface area contributed by atoms with Crippen LogP contribution in [-0.2, 0) is 4.74 Å². The van der Waals surface area contributed by atoms with Gasteiger partial charge in [0.15, 0.2) is 0 Å². The Morgan fingerprint density at radius 1 is 1.09 bits per heavy atom. The van der Waals surface area contributed by atoms with E-state index >= 15 is 0 Å². The summed E-state index contributed by atoms with van der Waals surface area (Å²) in [7, 11) is 0. The molecule has 2 aromatic heterocycles. The van der Waals surface area contributed by atoms with E-state index in [4.69, 9.17) is 16.3 Å². The zero-order valence-electron chi connectivity index (χ0n) is 19.9. The Balaban J connectivity index is 1.29. The van der Waals surface area contributed by atoms with Crippen molar-refractivity contribution in [3.63, 3.8) is 0 Å². The second-order valence-electron chi connectivity index (χ2n) is 8.97. The van der Waals surface area contributed by atoms with Crippen LogP contribution >= 0.6 is 11.6 Å². The van der Waals surface area contributed by atoms with Crippen molar-refractivity contribution < 1.29 is 14.3 Å². The van der Waals surface area contributed by atoms with Gasteiger partial charge in [0.2, 0.25) is 0 Å². The number of hydrogen-bond donors (Lipinski definition) is 0. The van der Waals surface area contributed by atoms with Gasteiger partial charge in [0.25, 0.3) is 5.91 Å². The van der Waals surface area contributed by atoms with Crippen LogP contribution in [0.15, 0.2) is 42.7 Å². The molecule has 1 amide bonds. The molecule has 35 heavy (non-hydrogen) atoms. The molecule has 0 N–H and O–H groups in total. The number of carbonyl (C=O) groups is 2. The quantitative estimate of drug-likeness (QED) is 0.478. The molecular formula is C26H28ClN5O3. The molecule has 0 bridgehead atoms. The van der Waals surface area contributed by atoms with Gasteiger partial charge >= 0.3 is 5.97 Å². The van der Waals surface area contributed by atoms with E-state index in [0.717, 1.165) is 35.6 Å². The van der Waals surface area contributed by atoms with Gasteiger partial charge in [-0.3, -0.25) is 4.79 Å². The van der Waals surface area contributed by atoms with Crippen molar-refractivity contribution in [2.24, 2.45) is 0 Å². The molecule has 1 saturated carbocycles. The molecule has 2 fully saturated rings. The topological polar surface area (TPSA) is 80.6 Å². The maximum Gasteiger partial charge on any atom is 0.339 e. The molecule has 0 atom stereocenters. The van der Waals surface area contributed by atoms with Crippen molar-refractivity contribution in [3.05, 3.63) is 70.1 Å². The summed E-state index contributed by atoms with van der Waals surface area (Å²) in [6.45, 7) is 6.58. The number of pyridine rings is 1. The highest BCUT2D eigenvalue weighted by Gasteiger charge is 2.35. The molecular weight excluding hydrogens is 466 g/mol. The van der Waals surface area contributed by atoms with Gasteiger partial charge in [-0.05, 0) is 56.5 Å². The zero-order chi connectivity index (χ0) is 24.5. The van der Waals surface area contributed by atoms with Gasteiger partial charge in [-0.1, -0.05) is 17.7 Å². The SMILES string of the molecule is CCOC(=O)c1ccc(N2CCN(C(=O)c3cnn(-c4ccc(C)c(Cl)c4)c3C3CC3)CC2)nc1. The maximum absolute atomic E-state index is 13.5. The number of aryl methyl sites for hydroxylation is 1. The van der Waals surface area contributed by atoms with Crippen LogP contribution in [0, 0.1) is 6.92 Å². The third-order valence-electron chi connectivity index (χ3n) is 6.55. The van der Waals surface area contributed by atoms with Crippen molar-refractivity contribution in [2.75, 3.05) is 37.7 Å². The highest BCUT2D eigenvalue weighted by molar-refractivity contribution is 6.31. The number of carbonyl (C=O) groups excluding carboxylic acids is 2. The van der Waals surface area contributed by atoms with Gasteiger partial charge in [0.1, 0.15) is 5.82 Å². The van der Waals surface area contributed by atoms with E-state index in [1.54, 1.807) is 25.4 Å². The lowest BCUT2D eigenvalue weighted by atomic mass is 10.1. The fourth-order valence-corrected chi connectivity index (χ4v) is 4.58. The predicted octanol–water partition coefficient (Wildman–Crippen LogP) is 4.25. The minimum absolute atomic E-state index is 0.0154. The normalized spacial score (nSPS) is 15.9. The Labute approximate surface area is 209 Å². The summed E-state index contributed by atoms with van der Waals surface area (Å²) in [6.07, 6.45) is 5.36. The first-order chi connectivity index (χ1) is 17.0. The van der Waals surface area contributed by atoms with E-state index in [-0.39, 0.29) is 11.9 Å². The minimum atomic E-state index is -0.373. The molecule has 3 aromatic rings. The largest absolute Gasteiger partial charge is 0.462 e. The third-order valence-corrected chi connectivity index (χ3v) is 6.96. The molecule has 8 nitrogen and oxygen atoms in total. The van der Waals surface area contributed by atoms with E-state index in [0.29, 0.717) is 54.9 Å². The maximum atomic E-state index is 13.5. The number of benzene rings is 1. The number of hydrogen-bond acceptors (Lipinski definition) is 6. The average Bonchev–Trinajstić information content (AvgIpc) is 3.63. The summed E-state index contributed by atoms with van der Waals surface area (Å²) >= 11 is 6.36. The van der Waals surface area contributed by atoms with Crippen molar-refractivity contribution in [1.29, 1.82) is 0 Å². The molecule has 5 rings (SSSR count). The minimum Gasteiger partial charge on any atom is -0.462 e. The first kappa shape index (κ1) is 23.4. The molecule has 9 heteroatoms. The third kappa shape index (κ3) is 4.75. The second kappa shape index (κ2) is 9.70. The van der Waals surface area contributed by atoms with Gasteiger partial charge in [-0.2, -0.15) is 5.10 Å². The Morgan fingerprint density at radius 2 is 1.86 bits per heavy atom. The number of aromatic nitrogens is 3. The van der Waals surface area contributed by atoms with Gasteiger partial charge < -0.3 is 14.5 Å². The van der Waals surface area contributed by atoms with Gasteiger partial charge in [-0.25, -0.2) is 14.5 Å². The number of ether oxygens (including phenoxy) is 1. The van der Waals surface area contributed by atoms with Crippen LogP contribution in [0.5, 0.6) is 0 Å². The number of halogens is 1. The van der Waals surface area contributed by atoms with E-state index in [1.165, 1.54) is 0 Å². The molecule has 1 saturated heterocycles. The Hall–Kier alpha value is -3.39. The monoisotopic (exact) mass is 493 g/mol. The lowest BCUT2D eigenvalue weighted by molar-refractivity contribution is 0.0525. The lowest BCUT2D eigenvalue weighted by Gasteiger charge is -2.35. The fourth-order valence-electron chi connectivity index (χ4n) is 4.41. The van der Waals surface area contributed by atoms with Crippen LogP contribution in [0.1, 0.15) is 57.7 Å². The molecule has 182 valence electrons.